The maximum atomic E-state index is 12.8. The van der Waals surface area contributed by atoms with E-state index in [0.717, 1.165) is 21.9 Å². The van der Waals surface area contributed by atoms with E-state index in [1.54, 1.807) is 6.07 Å². The molecule has 1 unspecified atom stereocenters. The lowest BCUT2D eigenvalue weighted by molar-refractivity contribution is -0.138. The number of aliphatic carboxylic acids is 1. The molecule has 8 heteroatoms. The number of sulfonamides is 1. The highest BCUT2D eigenvalue weighted by Crippen LogP contribution is 2.28. The maximum absolute atomic E-state index is 12.8. The van der Waals surface area contributed by atoms with Crippen molar-refractivity contribution >= 4 is 33.1 Å². The Bertz CT molecular complexity index is 1240. The minimum Gasteiger partial charge on any atom is -0.489 e. The Morgan fingerprint density at radius 2 is 1.78 bits per heavy atom. The Kier molecular flexibility index (Phi) is 7.27. The Morgan fingerprint density at radius 1 is 1.09 bits per heavy atom. The van der Waals surface area contributed by atoms with Crippen molar-refractivity contribution in [3.63, 3.8) is 0 Å². The van der Waals surface area contributed by atoms with Crippen LogP contribution in [0.3, 0.4) is 0 Å². The lowest BCUT2D eigenvalue weighted by Gasteiger charge is -2.20. The summed E-state index contributed by atoms with van der Waals surface area (Å²) in [4.78, 5) is 21.9. The predicted molar refractivity (Wildman–Crippen MR) is 121 cm³/mol. The quantitative estimate of drug-likeness (QED) is 0.453. The average Bonchev–Trinajstić information content (AvgIpc) is 2.75. The molecule has 2 atom stereocenters. The van der Waals surface area contributed by atoms with Crippen LogP contribution in [0.15, 0.2) is 65.6 Å². The smallest absolute Gasteiger partial charge is 0.305 e. The summed E-state index contributed by atoms with van der Waals surface area (Å²) in [5.41, 5.74) is 2.24. The first kappa shape index (κ1) is 23.4. The molecule has 0 heterocycles. The van der Waals surface area contributed by atoms with E-state index in [-0.39, 0.29) is 23.0 Å². The van der Waals surface area contributed by atoms with Crippen LogP contribution in [0.1, 0.15) is 24.5 Å². The number of hydrogen-bond donors (Lipinski definition) is 2. The second kappa shape index (κ2) is 9.93. The van der Waals surface area contributed by atoms with Crippen molar-refractivity contribution in [1.82, 2.24) is 4.72 Å². The second-order valence-corrected chi connectivity index (χ2v) is 9.31. The SMILES string of the molecule is Cc1ccc2ccccc2c1CC(C)Oc1ccccc1S(=O)(=O)N[C@H](C=O)CC(=O)O. The lowest BCUT2D eigenvalue weighted by Crippen LogP contribution is -2.37. The van der Waals surface area contributed by atoms with Crippen LogP contribution < -0.4 is 9.46 Å². The van der Waals surface area contributed by atoms with E-state index in [2.05, 4.69) is 22.9 Å². The molecule has 168 valence electrons. The van der Waals surface area contributed by atoms with Crippen LogP contribution in [0, 0.1) is 6.92 Å². The van der Waals surface area contributed by atoms with Crippen molar-refractivity contribution in [3.05, 3.63) is 71.8 Å². The first-order chi connectivity index (χ1) is 15.2. The average molecular weight is 456 g/mol. The lowest BCUT2D eigenvalue weighted by atomic mass is 9.96. The van der Waals surface area contributed by atoms with Crippen LogP contribution in [-0.2, 0) is 26.0 Å². The minimum atomic E-state index is -4.18. The Morgan fingerprint density at radius 3 is 2.50 bits per heavy atom. The maximum Gasteiger partial charge on any atom is 0.305 e. The number of aryl methyl sites for hydroxylation is 1. The molecular weight excluding hydrogens is 430 g/mol. The van der Waals surface area contributed by atoms with Crippen molar-refractivity contribution in [1.29, 1.82) is 0 Å². The summed E-state index contributed by atoms with van der Waals surface area (Å²) in [6, 6.07) is 16.9. The Labute approximate surface area is 187 Å². The monoisotopic (exact) mass is 455 g/mol. The van der Waals surface area contributed by atoms with E-state index in [9.17, 15) is 18.0 Å². The van der Waals surface area contributed by atoms with Gasteiger partial charge in [-0.15, -0.1) is 0 Å². The molecule has 7 nitrogen and oxygen atoms in total. The largest absolute Gasteiger partial charge is 0.489 e. The number of carbonyl (C=O) groups excluding carboxylic acids is 1. The van der Waals surface area contributed by atoms with E-state index in [1.165, 1.54) is 18.2 Å². The van der Waals surface area contributed by atoms with Crippen molar-refractivity contribution in [2.45, 2.75) is 43.7 Å². The van der Waals surface area contributed by atoms with Gasteiger partial charge in [0.25, 0.3) is 0 Å². The fourth-order valence-corrected chi connectivity index (χ4v) is 4.90. The normalized spacial score (nSPS) is 13.4. The van der Waals surface area contributed by atoms with Gasteiger partial charge in [-0.05, 0) is 47.9 Å². The highest BCUT2D eigenvalue weighted by atomic mass is 32.2. The minimum absolute atomic E-state index is 0.130. The van der Waals surface area contributed by atoms with Crippen molar-refractivity contribution in [2.75, 3.05) is 0 Å². The number of para-hydroxylation sites is 1. The number of ether oxygens (including phenoxy) is 1. The van der Waals surface area contributed by atoms with E-state index in [0.29, 0.717) is 6.42 Å². The number of benzene rings is 3. The number of rotatable bonds is 10. The molecule has 0 aromatic heterocycles. The van der Waals surface area contributed by atoms with Crippen molar-refractivity contribution in [3.8, 4) is 5.75 Å². The number of hydrogen-bond acceptors (Lipinski definition) is 5. The van der Waals surface area contributed by atoms with Gasteiger partial charge in [0, 0.05) is 6.42 Å². The number of nitrogens with one attached hydrogen (secondary N) is 1. The summed E-state index contributed by atoms with van der Waals surface area (Å²) in [6.07, 6.45) is -0.175. The van der Waals surface area contributed by atoms with Crippen LogP contribution >= 0.6 is 0 Å². The molecule has 0 fully saturated rings. The fraction of sp³-hybridized carbons (Fsp3) is 0.250. The standard InChI is InChI=1S/C24H25NO6S/c1-16-11-12-18-7-3-4-8-20(18)21(16)13-17(2)31-22-9-5-6-10-23(22)32(29,30)25-19(15-26)14-24(27)28/h3-12,15,17,19,25H,13-14H2,1-2H3,(H,27,28)/t17?,19-/m0/s1. The number of carboxylic acids is 1. The molecular formula is C24H25NO6S. The molecule has 0 radical (unpaired) electrons. The molecule has 3 aromatic rings. The van der Waals surface area contributed by atoms with Crippen molar-refractivity contribution < 1.29 is 27.9 Å². The van der Waals surface area contributed by atoms with Crippen LogP contribution in [0.4, 0.5) is 0 Å². The zero-order valence-electron chi connectivity index (χ0n) is 17.8. The van der Waals surface area contributed by atoms with Crippen molar-refractivity contribution in [2.24, 2.45) is 0 Å². The van der Waals surface area contributed by atoms with Gasteiger partial charge >= 0.3 is 5.97 Å². The van der Waals surface area contributed by atoms with Gasteiger partial charge in [-0.1, -0.05) is 48.5 Å². The molecule has 3 rings (SSSR count). The summed E-state index contributed by atoms with van der Waals surface area (Å²) in [5.74, 6) is -1.15. The topological polar surface area (TPSA) is 110 Å². The summed E-state index contributed by atoms with van der Waals surface area (Å²) in [5, 5.41) is 11.1. The molecule has 0 amide bonds. The molecule has 0 saturated heterocycles. The van der Waals surface area contributed by atoms with Crippen LogP contribution in [0.2, 0.25) is 0 Å². The molecule has 3 aromatic carbocycles. The third kappa shape index (κ3) is 5.52. The summed E-state index contributed by atoms with van der Waals surface area (Å²) < 4.78 is 33.8. The first-order valence-electron chi connectivity index (χ1n) is 10.1. The Balaban J connectivity index is 1.84. The van der Waals surface area contributed by atoms with Gasteiger partial charge in [-0.3, -0.25) is 4.79 Å². The number of carboxylic acid groups (broad SMARTS) is 1. The van der Waals surface area contributed by atoms with E-state index in [4.69, 9.17) is 9.84 Å². The summed E-state index contributed by atoms with van der Waals surface area (Å²) in [7, 11) is -4.18. The highest BCUT2D eigenvalue weighted by Gasteiger charge is 2.25. The van der Waals surface area contributed by atoms with Crippen LogP contribution in [0.25, 0.3) is 10.8 Å². The number of carbonyl (C=O) groups is 2. The second-order valence-electron chi connectivity index (χ2n) is 7.62. The highest BCUT2D eigenvalue weighted by molar-refractivity contribution is 7.89. The molecule has 32 heavy (non-hydrogen) atoms. The van der Waals surface area contributed by atoms with Gasteiger partial charge in [0.15, 0.2) is 0 Å². The Hall–Kier alpha value is -3.23. The molecule has 0 spiro atoms. The molecule has 0 aliphatic rings. The van der Waals surface area contributed by atoms with E-state index >= 15 is 0 Å². The van der Waals surface area contributed by atoms with E-state index < -0.39 is 28.5 Å². The fourth-order valence-electron chi connectivity index (χ4n) is 3.60. The zero-order chi connectivity index (χ0) is 23.3. The first-order valence-corrected chi connectivity index (χ1v) is 11.6. The third-order valence-electron chi connectivity index (χ3n) is 5.10. The van der Waals surface area contributed by atoms with Crippen LogP contribution in [-0.4, -0.2) is 37.9 Å². The van der Waals surface area contributed by atoms with Gasteiger partial charge in [0.2, 0.25) is 10.0 Å². The molecule has 0 bridgehead atoms. The molecule has 0 aliphatic carbocycles. The molecule has 0 saturated carbocycles. The zero-order valence-corrected chi connectivity index (χ0v) is 18.6. The predicted octanol–water partition coefficient (Wildman–Crippen LogP) is 3.48. The number of fused-ring (bicyclic) bond motifs is 1. The van der Waals surface area contributed by atoms with Gasteiger partial charge in [-0.25, -0.2) is 13.1 Å². The summed E-state index contributed by atoms with van der Waals surface area (Å²) >= 11 is 0. The molecule has 2 N–H and O–H groups in total. The van der Waals surface area contributed by atoms with Gasteiger partial charge in [0.1, 0.15) is 23.0 Å². The van der Waals surface area contributed by atoms with Gasteiger partial charge in [0.05, 0.1) is 12.5 Å². The molecule has 0 aliphatic heterocycles. The third-order valence-corrected chi connectivity index (χ3v) is 6.63. The number of aldehydes is 1. The van der Waals surface area contributed by atoms with Gasteiger partial charge < -0.3 is 14.6 Å². The van der Waals surface area contributed by atoms with Crippen LogP contribution in [0.5, 0.6) is 5.75 Å². The van der Waals surface area contributed by atoms with E-state index in [1.807, 2.05) is 32.0 Å². The van der Waals surface area contributed by atoms with Gasteiger partial charge in [-0.2, -0.15) is 0 Å². The summed E-state index contributed by atoms with van der Waals surface area (Å²) in [6.45, 7) is 3.88.